The van der Waals surface area contributed by atoms with Crippen molar-refractivity contribution in [3.05, 3.63) is 39.6 Å². The summed E-state index contributed by atoms with van der Waals surface area (Å²) in [6.45, 7) is 4.33. The molecule has 0 unspecified atom stereocenters. The SMILES string of the molecule is CCOc1ccccc1-c1c(C#N)sc(C=O)c1C. The van der Waals surface area contributed by atoms with Crippen LogP contribution in [0.2, 0.25) is 0 Å². The summed E-state index contributed by atoms with van der Waals surface area (Å²) in [6, 6.07) is 9.74. The van der Waals surface area contributed by atoms with Crippen LogP contribution in [-0.2, 0) is 0 Å². The topological polar surface area (TPSA) is 50.1 Å². The van der Waals surface area contributed by atoms with Crippen molar-refractivity contribution in [2.45, 2.75) is 13.8 Å². The maximum absolute atomic E-state index is 11.0. The van der Waals surface area contributed by atoms with Gasteiger partial charge in [-0.3, -0.25) is 4.79 Å². The second-order valence-electron chi connectivity index (χ2n) is 3.95. The van der Waals surface area contributed by atoms with Crippen molar-refractivity contribution in [2.24, 2.45) is 0 Å². The molecular weight excluding hydrogens is 258 g/mol. The summed E-state index contributed by atoms with van der Waals surface area (Å²) in [6.07, 6.45) is 0.799. The van der Waals surface area contributed by atoms with Gasteiger partial charge < -0.3 is 4.74 Å². The van der Waals surface area contributed by atoms with Crippen molar-refractivity contribution < 1.29 is 9.53 Å². The molecule has 0 aliphatic carbocycles. The molecule has 2 rings (SSSR count). The highest BCUT2D eigenvalue weighted by Crippen LogP contribution is 2.39. The third-order valence-corrected chi connectivity index (χ3v) is 3.97. The van der Waals surface area contributed by atoms with Crippen molar-refractivity contribution in [3.8, 4) is 22.9 Å². The van der Waals surface area contributed by atoms with Gasteiger partial charge in [-0.1, -0.05) is 18.2 Å². The number of hydrogen-bond donors (Lipinski definition) is 0. The number of carbonyl (C=O) groups excluding carboxylic acids is 1. The molecule has 2 aromatic rings. The van der Waals surface area contributed by atoms with Crippen molar-refractivity contribution >= 4 is 17.6 Å². The maximum atomic E-state index is 11.0. The van der Waals surface area contributed by atoms with Crippen LogP contribution in [0, 0.1) is 18.3 Å². The van der Waals surface area contributed by atoms with E-state index in [4.69, 9.17) is 4.74 Å². The van der Waals surface area contributed by atoms with Gasteiger partial charge in [-0.15, -0.1) is 11.3 Å². The molecule has 3 nitrogen and oxygen atoms in total. The van der Waals surface area contributed by atoms with Gasteiger partial charge in [-0.2, -0.15) is 5.26 Å². The average molecular weight is 271 g/mol. The van der Waals surface area contributed by atoms with Crippen LogP contribution >= 0.6 is 11.3 Å². The molecule has 0 saturated carbocycles. The maximum Gasteiger partial charge on any atom is 0.160 e. The first-order valence-electron chi connectivity index (χ1n) is 5.93. The molecule has 0 fully saturated rings. The molecule has 0 N–H and O–H groups in total. The number of thiophene rings is 1. The van der Waals surface area contributed by atoms with Crippen LogP contribution in [0.25, 0.3) is 11.1 Å². The molecule has 0 aliphatic rings. The van der Waals surface area contributed by atoms with Crippen LogP contribution in [0.5, 0.6) is 5.75 Å². The van der Waals surface area contributed by atoms with Crippen LogP contribution in [0.3, 0.4) is 0 Å². The standard InChI is InChI=1S/C15H13NO2S/c1-3-18-12-7-5-4-6-11(12)15-10(2)14(9-17)19-13(15)8-16/h4-7,9H,3H2,1-2H3. The monoisotopic (exact) mass is 271 g/mol. The molecule has 19 heavy (non-hydrogen) atoms. The number of benzene rings is 1. The van der Waals surface area contributed by atoms with Crippen molar-refractivity contribution in [1.29, 1.82) is 5.26 Å². The summed E-state index contributed by atoms with van der Waals surface area (Å²) < 4.78 is 5.60. The molecule has 0 bridgehead atoms. The van der Waals surface area contributed by atoms with E-state index in [0.29, 0.717) is 16.4 Å². The zero-order valence-corrected chi connectivity index (χ0v) is 11.6. The van der Waals surface area contributed by atoms with Crippen molar-refractivity contribution in [1.82, 2.24) is 0 Å². The number of nitriles is 1. The molecule has 0 aliphatic heterocycles. The minimum absolute atomic E-state index is 0.548. The van der Waals surface area contributed by atoms with Gasteiger partial charge in [-0.05, 0) is 25.5 Å². The van der Waals surface area contributed by atoms with E-state index in [1.807, 2.05) is 38.1 Å². The Balaban J connectivity index is 2.68. The van der Waals surface area contributed by atoms with E-state index >= 15 is 0 Å². The second-order valence-corrected chi connectivity index (χ2v) is 5.01. The van der Waals surface area contributed by atoms with Gasteiger partial charge in [0.15, 0.2) is 6.29 Å². The number of aldehydes is 1. The van der Waals surface area contributed by atoms with Crippen LogP contribution in [0.4, 0.5) is 0 Å². The van der Waals surface area contributed by atoms with Crippen molar-refractivity contribution in [3.63, 3.8) is 0 Å². The average Bonchev–Trinajstić information content (AvgIpc) is 2.76. The predicted octanol–water partition coefficient (Wildman–Crippen LogP) is 3.81. The summed E-state index contributed by atoms with van der Waals surface area (Å²) in [5.41, 5.74) is 2.50. The molecule has 1 heterocycles. The Kier molecular flexibility index (Phi) is 3.98. The highest BCUT2D eigenvalue weighted by molar-refractivity contribution is 7.14. The smallest absolute Gasteiger partial charge is 0.160 e. The molecular formula is C15H13NO2S. The minimum Gasteiger partial charge on any atom is -0.493 e. The molecule has 0 saturated heterocycles. The summed E-state index contributed by atoms with van der Waals surface area (Å²) in [7, 11) is 0. The molecule has 4 heteroatoms. The van der Waals surface area contributed by atoms with Gasteiger partial charge in [0.25, 0.3) is 0 Å². The van der Waals surface area contributed by atoms with E-state index in [-0.39, 0.29) is 0 Å². The van der Waals surface area contributed by atoms with Crippen molar-refractivity contribution in [2.75, 3.05) is 6.61 Å². The highest BCUT2D eigenvalue weighted by Gasteiger charge is 2.18. The number of hydrogen-bond acceptors (Lipinski definition) is 4. The number of ether oxygens (including phenoxy) is 1. The van der Waals surface area contributed by atoms with Gasteiger partial charge in [0, 0.05) is 11.1 Å². The zero-order valence-electron chi connectivity index (χ0n) is 10.8. The lowest BCUT2D eigenvalue weighted by Crippen LogP contribution is -1.94. The molecule has 0 amide bonds. The van der Waals surface area contributed by atoms with E-state index in [1.54, 1.807) is 0 Å². The lowest BCUT2D eigenvalue weighted by Gasteiger charge is -2.10. The van der Waals surface area contributed by atoms with Crippen LogP contribution in [-0.4, -0.2) is 12.9 Å². The van der Waals surface area contributed by atoms with E-state index in [0.717, 1.165) is 28.7 Å². The third kappa shape index (κ3) is 2.38. The minimum atomic E-state index is 0.548. The Bertz CT molecular complexity index is 653. The summed E-state index contributed by atoms with van der Waals surface area (Å²) in [4.78, 5) is 12.2. The van der Waals surface area contributed by atoms with E-state index in [9.17, 15) is 10.1 Å². The first-order valence-corrected chi connectivity index (χ1v) is 6.75. The fourth-order valence-electron chi connectivity index (χ4n) is 2.00. The molecule has 96 valence electrons. The molecule has 0 radical (unpaired) electrons. The number of carbonyl (C=O) groups is 1. The Morgan fingerprint density at radius 3 is 2.79 bits per heavy atom. The highest BCUT2D eigenvalue weighted by atomic mass is 32.1. The largest absolute Gasteiger partial charge is 0.493 e. The third-order valence-electron chi connectivity index (χ3n) is 2.85. The zero-order chi connectivity index (χ0) is 13.8. The fraction of sp³-hybridized carbons (Fsp3) is 0.200. The van der Waals surface area contributed by atoms with Gasteiger partial charge in [0.2, 0.25) is 0 Å². The van der Waals surface area contributed by atoms with Gasteiger partial charge in [0.1, 0.15) is 16.7 Å². The second kappa shape index (κ2) is 5.68. The molecule has 0 atom stereocenters. The first-order chi connectivity index (χ1) is 9.22. The normalized spacial score (nSPS) is 9.95. The Morgan fingerprint density at radius 1 is 1.42 bits per heavy atom. The lowest BCUT2D eigenvalue weighted by atomic mass is 10.0. The summed E-state index contributed by atoms with van der Waals surface area (Å²) >= 11 is 1.22. The number of nitrogens with zero attached hydrogens (tertiary/aromatic N) is 1. The Morgan fingerprint density at radius 2 is 2.16 bits per heavy atom. The quantitative estimate of drug-likeness (QED) is 0.794. The first kappa shape index (κ1) is 13.3. The summed E-state index contributed by atoms with van der Waals surface area (Å²) in [5, 5.41) is 9.24. The van der Waals surface area contributed by atoms with E-state index in [2.05, 4.69) is 6.07 Å². The van der Waals surface area contributed by atoms with Crippen LogP contribution in [0.15, 0.2) is 24.3 Å². The fourth-order valence-corrected chi connectivity index (χ4v) is 2.93. The molecule has 1 aromatic carbocycles. The van der Waals surface area contributed by atoms with E-state index in [1.165, 1.54) is 11.3 Å². The Hall–Kier alpha value is -2.12. The molecule has 0 spiro atoms. The van der Waals surface area contributed by atoms with E-state index < -0.39 is 0 Å². The van der Waals surface area contributed by atoms with Crippen LogP contribution < -0.4 is 4.74 Å². The molecule has 1 aromatic heterocycles. The number of rotatable bonds is 4. The lowest BCUT2D eigenvalue weighted by molar-refractivity contribution is 0.112. The number of para-hydroxylation sites is 1. The van der Waals surface area contributed by atoms with Gasteiger partial charge in [-0.25, -0.2) is 0 Å². The van der Waals surface area contributed by atoms with Crippen LogP contribution in [0.1, 0.15) is 27.0 Å². The van der Waals surface area contributed by atoms with Gasteiger partial charge in [0.05, 0.1) is 11.5 Å². The Labute approximate surface area is 116 Å². The predicted molar refractivity (Wildman–Crippen MR) is 75.8 cm³/mol. The van der Waals surface area contributed by atoms with Gasteiger partial charge >= 0.3 is 0 Å². The summed E-state index contributed by atoms with van der Waals surface area (Å²) in [5.74, 6) is 0.736.